The molecule has 0 aliphatic rings. The van der Waals surface area contributed by atoms with Crippen molar-refractivity contribution in [2.24, 2.45) is 0 Å². The quantitative estimate of drug-likeness (QED) is 0.420. The average Bonchev–Trinajstić information content (AvgIpc) is 2.04. The predicted octanol–water partition coefficient (Wildman–Crippen LogP) is 0.864. The average molecular weight is 174 g/mol. The molecule has 3 nitrogen and oxygen atoms in total. The fraction of sp³-hybridized carbons (Fsp3) is 1.00. The van der Waals surface area contributed by atoms with Gasteiger partial charge in [-0.05, 0) is 27.2 Å². The summed E-state index contributed by atoms with van der Waals surface area (Å²) < 4.78 is 5.47. The second-order valence-electron chi connectivity index (χ2n) is 3.14. The molecule has 0 saturated carbocycles. The van der Waals surface area contributed by atoms with Crippen molar-refractivity contribution in [3.63, 3.8) is 0 Å². The van der Waals surface area contributed by atoms with Crippen LogP contribution in [0, 0.1) is 0 Å². The van der Waals surface area contributed by atoms with Gasteiger partial charge in [0, 0.05) is 6.54 Å². The molecule has 12 heavy (non-hydrogen) atoms. The van der Waals surface area contributed by atoms with Crippen LogP contribution in [0.1, 0.15) is 13.8 Å². The monoisotopic (exact) mass is 174 g/mol. The van der Waals surface area contributed by atoms with Crippen LogP contribution in [0.25, 0.3) is 0 Å². The molecule has 0 N–H and O–H groups in total. The van der Waals surface area contributed by atoms with Gasteiger partial charge < -0.3 is 9.64 Å². The summed E-state index contributed by atoms with van der Waals surface area (Å²) in [5.41, 5.74) is 0. The Hall–Kier alpha value is -0.120. The standard InChI is InChI=1S/C9H22N2O/c1-5-11(6-2)9-12-8-7-10(3)4/h5-9H2,1-4H3. The molecule has 0 aromatic carbocycles. The highest BCUT2D eigenvalue weighted by Crippen LogP contribution is 1.87. The summed E-state index contributed by atoms with van der Waals surface area (Å²) in [6, 6.07) is 0. The van der Waals surface area contributed by atoms with Gasteiger partial charge in [-0.1, -0.05) is 13.8 Å². The molecule has 0 rings (SSSR count). The Labute approximate surface area is 76.3 Å². The van der Waals surface area contributed by atoms with Crippen LogP contribution in [0.2, 0.25) is 0 Å². The zero-order valence-electron chi connectivity index (χ0n) is 8.84. The van der Waals surface area contributed by atoms with Crippen molar-refractivity contribution in [1.82, 2.24) is 9.80 Å². The van der Waals surface area contributed by atoms with E-state index in [1.807, 2.05) is 0 Å². The zero-order chi connectivity index (χ0) is 9.40. The molecule has 0 atom stereocenters. The molecule has 0 heterocycles. The first-order valence-electron chi connectivity index (χ1n) is 4.65. The van der Waals surface area contributed by atoms with Crippen LogP contribution in [0.5, 0.6) is 0 Å². The summed E-state index contributed by atoms with van der Waals surface area (Å²) in [5, 5.41) is 0. The topological polar surface area (TPSA) is 15.7 Å². The second-order valence-corrected chi connectivity index (χ2v) is 3.14. The Morgan fingerprint density at radius 2 is 1.67 bits per heavy atom. The van der Waals surface area contributed by atoms with Gasteiger partial charge in [0.15, 0.2) is 0 Å². The van der Waals surface area contributed by atoms with Gasteiger partial charge in [-0.2, -0.15) is 0 Å². The van der Waals surface area contributed by atoms with E-state index >= 15 is 0 Å². The number of likely N-dealkylation sites (N-methyl/N-ethyl adjacent to an activating group) is 1. The van der Waals surface area contributed by atoms with Gasteiger partial charge in [-0.15, -0.1) is 0 Å². The highest BCUT2D eigenvalue weighted by Gasteiger charge is 1.97. The van der Waals surface area contributed by atoms with E-state index in [1.165, 1.54) is 0 Å². The molecule has 0 aromatic rings. The molecular formula is C9H22N2O. The SMILES string of the molecule is CCN(CC)COCCN(C)C. The molecule has 0 radical (unpaired) electrons. The summed E-state index contributed by atoms with van der Waals surface area (Å²) in [6.45, 7) is 9.03. The van der Waals surface area contributed by atoms with Crippen molar-refractivity contribution in [1.29, 1.82) is 0 Å². The van der Waals surface area contributed by atoms with E-state index in [9.17, 15) is 0 Å². The van der Waals surface area contributed by atoms with E-state index in [0.29, 0.717) is 0 Å². The molecular weight excluding hydrogens is 152 g/mol. The summed E-state index contributed by atoms with van der Waals surface area (Å²) in [4.78, 5) is 4.39. The third-order valence-electron chi connectivity index (χ3n) is 1.85. The van der Waals surface area contributed by atoms with Gasteiger partial charge in [0.1, 0.15) is 0 Å². The summed E-state index contributed by atoms with van der Waals surface area (Å²) in [5.74, 6) is 0. The van der Waals surface area contributed by atoms with E-state index in [2.05, 4.69) is 37.7 Å². The van der Waals surface area contributed by atoms with Crippen molar-refractivity contribution < 1.29 is 4.74 Å². The van der Waals surface area contributed by atoms with Gasteiger partial charge in [-0.3, -0.25) is 4.90 Å². The first kappa shape index (κ1) is 11.9. The number of ether oxygens (including phenoxy) is 1. The highest BCUT2D eigenvalue weighted by atomic mass is 16.5. The van der Waals surface area contributed by atoms with E-state index in [-0.39, 0.29) is 0 Å². The largest absolute Gasteiger partial charge is 0.365 e. The van der Waals surface area contributed by atoms with E-state index < -0.39 is 0 Å². The van der Waals surface area contributed by atoms with Crippen molar-refractivity contribution >= 4 is 0 Å². The van der Waals surface area contributed by atoms with Crippen molar-refractivity contribution in [3.8, 4) is 0 Å². The molecule has 3 heteroatoms. The van der Waals surface area contributed by atoms with Crippen LogP contribution in [0.15, 0.2) is 0 Å². The lowest BCUT2D eigenvalue weighted by atomic mass is 10.6. The third-order valence-corrected chi connectivity index (χ3v) is 1.85. The lowest BCUT2D eigenvalue weighted by molar-refractivity contribution is 0.0278. The first-order chi connectivity index (χ1) is 5.70. The molecule has 0 aromatic heterocycles. The summed E-state index contributed by atoms with van der Waals surface area (Å²) in [6.07, 6.45) is 0. The molecule has 0 saturated heterocycles. The minimum atomic E-state index is 0.765. The highest BCUT2D eigenvalue weighted by molar-refractivity contribution is 4.44. The Morgan fingerprint density at radius 3 is 2.08 bits per heavy atom. The van der Waals surface area contributed by atoms with Crippen LogP contribution >= 0.6 is 0 Å². The minimum absolute atomic E-state index is 0.765. The Bertz CT molecular complexity index is 92.5. The fourth-order valence-corrected chi connectivity index (χ4v) is 0.847. The van der Waals surface area contributed by atoms with Crippen LogP contribution in [-0.2, 0) is 4.74 Å². The lowest BCUT2D eigenvalue weighted by Gasteiger charge is -2.18. The maximum absolute atomic E-state index is 5.47. The predicted molar refractivity (Wildman–Crippen MR) is 52.3 cm³/mol. The number of rotatable bonds is 7. The summed E-state index contributed by atoms with van der Waals surface area (Å²) in [7, 11) is 4.11. The maximum Gasteiger partial charge on any atom is 0.0990 e. The van der Waals surface area contributed by atoms with Gasteiger partial charge in [0.05, 0.1) is 13.3 Å². The minimum Gasteiger partial charge on any atom is -0.365 e. The number of nitrogens with zero attached hydrogens (tertiary/aromatic N) is 2. The van der Waals surface area contributed by atoms with E-state index in [0.717, 1.165) is 33.0 Å². The maximum atomic E-state index is 5.47. The lowest BCUT2D eigenvalue weighted by Crippen LogP contribution is -2.28. The van der Waals surface area contributed by atoms with Crippen molar-refractivity contribution in [3.05, 3.63) is 0 Å². The third kappa shape index (κ3) is 6.58. The van der Waals surface area contributed by atoms with Gasteiger partial charge in [-0.25, -0.2) is 0 Å². The molecule has 74 valence electrons. The molecule has 0 spiro atoms. The van der Waals surface area contributed by atoms with Crippen LogP contribution in [-0.4, -0.2) is 56.9 Å². The Kier molecular flexibility index (Phi) is 7.45. The second kappa shape index (κ2) is 7.53. The number of hydrogen-bond donors (Lipinski definition) is 0. The van der Waals surface area contributed by atoms with Crippen molar-refractivity contribution in [2.75, 3.05) is 47.1 Å². The molecule has 0 fully saturated rings. The normalized spacial score (nSPS) is 11.5. The van der Waals surface area contributed by atoms with Gasteiger partial charge >= 0.3 is 0 Å². The van der Waals surface area contributed by atoms with E-state index in [1.54, 1.807) is 0 Å². The number of hydrogen-bond acceptors (Lipinski definition) is 3. The first-order valence-corrected chi connectivity index (χ1v) is 4.65. The van der Waals surface area contributed by atoms with Gasteiger partial charge in [0.25, 0.3) is 0 Å². The Morgan fingerprint density at radius 1 is 1.08 bits per heavy atom. The van der Waals surface area contributed by atoms with Crippen LogP contribution < -0.4 is 0 Å². The van der Waals surface area contributed by atoms with Crippen LogP contribution in [0.4, 0.5) is 0 Å². The van der Waals surface area contributed by atoms with Crippen molar-refractivity contribution in [2.45, 2.75) is 13.8 Å². The van der Waals surface area contributed by atoms with Crippen LogP contribution in [0.3, 0.4) is 0 Å². The fourth-order valence-electron chi connectivity index (χ4n) is 0.847. The van der Waals surface area contributed by atoms with Gasteiger partial charge in [0.2, 0.25) is 0 Å². The molecule has 0 amide bonds. The molecule has 0 aliphatic heterocycles. The molecule has 0 aliphatic carbocycles. The summed E-state index contributed by atoms with van der Waals surface area (Å²) >= 11 is 0. The molecule has 0 unspecified atom stereocenters. The molecule has 0 bridgehead atoms. The zero-order valence-corrected chi connectivity index (χ0v) is 8.84. The Balaban J connectivity index is 3.17. The van der Waals surface area contributed by atoms with E-state index in [4.69, 9.17) is 4.74 Å². The smallest absolute Gasteiger partial charge is 0.0990 e.